The second kappa shape index (κ2) is 8.54. The van der Waals surface area contributed by atoms with E-state index in [1.165, 1.54) is 11.0 Å². The molecule has 3 N–H and O–H groups in total. The van der Waals surface area contributed by atoms with Crippen molar-refractivity contribution in [1.82, 2.24) is 4.90 Å². The monoisotopic (exact) mass is 451 g/mol. The van der Waals surface area contributed by atoms with E-state index in [1.54, 1.807) is 12.1 Å². The normalized spacial score (nSPS) is 17.9. The molecule has 6 nitrogen and oxygen atoms in total. The number of primary amides is 1. The van der Waals surface area contributed by atoms with Crippen molar-refractivity contribution < 1.29 is 14.7 Å². The average molecular weight is 452 g/mol. The van der Waals surface area contributed by atoms with Gasteiger partial charge in [0.25, 0.3) is 5.91 Å². The van der Waals surface area contributed by atoms with Crippen LogP contribution in [0.3, 0.4) is 0 Å². The number of rotatable bonds is 7. The minimum Gasteiger partial charge on any atom is -0.372 e. The summed E-state index contributed by atoms with van der Waals surface area (Å²) < 4.78 is 0. The number of anilines is 1. The number of amides is 2. The molecular formula is C25H26ClN3O3. The Bertz CT molecular complexity index is 1210. The number of hydrogen-bond donors (Lipinski definition) is 2. The van der Waals surface area contributed by atoms with Gasteiger partial charge < -0.3 is 20.6 Å². The van der Waals surface area contributed by atoms with Gasteiger partial charge in [0, 0.05) is 24.2 Å². The highest BCUT2D eigenvalue weighted by atomic mass is 35.5. The minimum absolute atomic E-state index is 0.130. The van der Waals surface area contributed by atoms with Crippen LogP contribution in [-0.4, -0.2) is 48.0 Å². The standard InChI is InChI=1S/C25H26ClN3O3/c1-3-28(4-2)11-12-29-21-15-18(23(27)30)14-20(26)22(21)25(32,24(29)31)19-10-9-16-7-5-6-8-17(16)13-19/h5-10,13-15,32H,3-4,11-12H2,1-2H3,(H2,27,30). The minimum atomic E-state index is -1.96. The Kier molecular flexibility index (Phi) is 5.95. The smallest absolute Gasteiger partial charge is 0.268 e. The lowest BCUT2D eigenvalue weighted by atomic mass is 9.86. The van der Waals surface area contributed by atoms with Gasteiger partial charge in [0.05, 0.1) is 10.7 Å². The lowest BCUT2D eigenvalue weighted by Crippen LogP contribution is -2.44. The van der Waals surface area contributed by atoms with Gasteiger partial charge in [-0.3, -0.25) is 9.59 Å². The zero-order valence-electron chi connectivity index (χ0n) is 18.1. The van der Waals surface area contributed by atoms with Crippen LogP contribution in [0.25, 0.3) is 10.8 Å². The first-order chi connectivity index (χ1) is 15.3. The summed E-state index contributed by atoms with van der Waals surface area (Å²) in [4.78, 5) is 29.3. The fourth-order valence-electron chi connectivity index (χ4n) is 4.40. The maximum atomic E-state index is 13.7. The largest absolute Gasteiger partial charge is 0.372 e. The lowest BCUT2D eigenvalue weighted by molar-refractivity contribution is -0.132. The first-order valence-corrected chi connectivity index (χ1v) is 11.1. The molecule has 7 heteroatoms. The molecule has 1 aliphatic heterocycles. The van der Waals surface area contributed by atoms with Gasteiger partial charge in [-0.1, -0.05) is 61.8 Å². The summed E-state index contributed by atoms with van der Waals surface area (Å²) >= 11 is 6.56. The van der Waals surface area contributed by atoms with Crippen molar-refractivity contribution in [3.8, 4) is 0 Å². The number of nitrogens with zero attached hydrogens (tertiary/aromatic N) is 2. The molecule has 0 aliphatic carbocycles. The number of nitrogens with two attached hydrogens (primary N) is 1. The van der Waals surface area contributed by atoms with Crippen LogP contribution in [0.1, 0.15) is 35.3 Å². The van der Waals surface area contributed by atoms with Gasteiger partial charge in [0.1, 0.15) is 0 Å². The van der Waals surface area contributed by atoms with Gasteiger partial charge in [0.15, 0.2) is 5.60 Å². The highest BCUT2D eigenvalue weighted by Gasteiger charge is 2.52. The van der Waals surface area contributed by atoms with E-state index in [-0.39, 0.29) is 16.1 Å². The summed E-state index contributed by atoms with van der Waals surface area (Å²) in [6, 6.07) is 16.1. The second-order valence-corrected chi connectivity index (χ2v) is 8.38. The summed E-state index contributed by atoms with van der Waals surface area (Å²) in [6.45, 7) is 6.74. The number of benzene rings is 3. The molecule has 4 rings (SSSR count). The zero-order valence-corrected chi connectivity index (χ0v) is 18.9. The van der Waals surface area contributed by atoms with Crippen LogP contribution in [0.5, 0.6) is 0 Å². The number of carbonyl (C=O) groups is 2. The average Bonchev–Trinajstić information content (AvgIpc) is 3.02. The van der Waals surface area contributed by atoms with E-state index in [1.807, 2.05) is 36.4 Å². The van der Waals surface area contributed by atoms with Gasteiger partial charge in [-0.15, -0.1) is 0 Å². The highest BCUT2D eigenvalue weighted by Crippen LogP contribution is 2.48. The molecule has 0 spiro atoms. The van der Waals surface area contributed by atoms with Crippen molar-refractivity contribution in [2.75, 3.05) is 31.1 Å². The van der Waals surface area contributed by atoms with E-state index in [0.29, 0.717) is 24.3 Å². The second-order valence-electron chi connectivity index (χ2n) is 7.97. The quantitative estimate of drug-likeness (QED) is 0.575. The third-order valence-corrected chi connectivity index (χ3v) is 6.56. The number of aliphatic hydroxyl groups is 1. The third-order valence-electron chi connectivity index (χ3n) is 6.26. The Hall–Kier alpha value is -2.93. The Balaban J connectivity index is 1.88. The first kappa shape index (κ1) is 22.3. The Morgan fingerprint density at radius 1 is 1.09 bits per heavy atom. The molecule has 1 aliphatic rings. The number of halogens is 1. The highest BCUT2D eigenvalue weighted by molar-refractivity contribution is 6.34. The van der Waals surface area contributed by atoms with Crippen LogP contribution in [0.15, 0.2) is 54.6 Å². The number of carbonyl (C=O) groups excluding carboxylic acids is 2. The van der Waals surface area contributed by atoms with E-state index in [4.69, 9.17) is 17.3 Å². The van der Waals surface area contributed by atoms with Gasteiger partial charge >= 0.3 is 0 Å². The summed E-state index contributed by atoms with van der Waals surface area (Å²) in [6.07, 6.45) is 0. The van der Waals surface area contributed by atoms with Crippen LogP contribution in [0, 0.1) is 0 Å². The molecule has 0 bridgehead atoms. The molecule has 3 aromatic rings. The molecule has 0 aromatic heterocycles. The molecule has 32 heavy (non-hydrogen) atoms. The molecule has 0 fully saturated rings. The molecule has 1 unspecified atom stereocenters. The molecule has 2 amide bonds. The van der Waals surface area contributed by atoms with E-state index >= 15 is 0 Å². The summed E-state index contributed by atoms with van der Waals surface area (Å²) in [5.41, 5.74) is 4.85. The van der Waals surface area contributed by atoms with Crippen molar-refractivity contribution in [3.63, 3.8) is 0 Å². The van der Waals surface area contributed by atoms with Crippen molar-refractivity contribution >= 4 is 39.9 Å². The fourth-order valence-corrected chi connectivity index (χ4v) is 4.75. The predicted octanol–water partition coefficient (Wildman–Crippen LogP) is 3.52. The van der Waals surface area contributed by atoms with Crippen LogP contribution in [0.4, 0.5) is 5.69 Å². The van der Waals surface area contributed by atoms with Gasteiger partial charge in [-0.25, -0.2) is 0 Å². The van der Waals surface area contributed by atoms with E-state index in [0.717, 1.165) is 23.9 Å². The molecule has 0 saturated heterocycles. The SMILES string of the molecule is CCN(CC)CCN1C(=O)C(O)(c2ccc3ccccc3c2)c2c(Cl)cc(C(N)=O)cc21. The van der Waals surface area contributed by atoms with Crippen molar-refractivity contribution in [2.45, 2.75) is 19.4 Å². The van der Waals surface area contributed by atoms with Crippen LogP contribution in [0.2, 0.25) is 5.02 Å². The zero-order chi connectivity index (χ0) is 23.0. The van der Waals surface area contributed by atoms with Crippen LogP contribution in [-0.2, 0) is 10.4 Å². The van der Waals surface area contributed by atoms with E-state index in [9.17, 15) is 14.7 Å². The third kappa shape index (κ3) is 3.54. The number of fused-ring (bicyclic) bond motifs is 2. The maximum Gasteiger partial charge on any atom is 0.268 e. The Morgan fingerprint density at radius 3 is 2.44 bits per heavy atom. The summed E-state index contributed by atoms with van der Waals surface area (Å²) in [7, 11) is 0. The Labute approximate surface area is 192 Å². The van der Waals surface area contributed by atoms with Gasteiger partial charge in [-0.2, -0.15) is 0 Å². The van der Waals surface area contributed by atoms with Gasteiger partial charge in [0.2, 0.25) is 5.91 Å². The molecule has 0 saturated carbocycles. The number of hydrogen-bond acceptors (Lipinski definition) is 4. The molecule has 3 aromatic carbocycles. The summed E-state index contributed by atoms with van der Waals surface area (Å²) in [5, 5.41) is 13.9. The lowest BCUT2D eigenvalue weighted by Gasteiger charge is -2.26. The molecule has 1 heterocycles. The molecule has 166 valence electrons. The Morgan fingerprint density at radius 2 is 1.78 bits per heavy atom. The van der Waals surface area contributed by atoms with E-state index in [2.05, 4.69) is 18.7 Å². The van der Waals surface area contributed by atoms with Gasteiger partial charge in [-0.05, 0) is 47.6 Å². The van der Waals surface area contributed by atoms with Crippen LogP contribution >= 0.6 is 11.6 Å². The van der Waals surface area contributed by atoms with Crippen molar-refractivity contribution in [3.05, 3.63) is 76.3 Å². The number of likely N-dealkylation sites (N-methyl/N-ethyl adjacent to an activating group) is 1. The first-order valence-electron chi connectivity index (χ1n) is 10.7. The van der Waals surface area contributed by atoms with Crippen molar-refractivity contribution in [1.29, 1.82) is 0 Å². The maximum absolute atomic E-state index is 13.7. The topological polar surface area (TPSA) is 86.9 Å². The molecule has 0 radical (unpaired) electrons. The molecular weight excluding hydrogens is 426 g/mol. The molecule has 1 atom stereocenters. The predicted molar refractivity (Wildman–Crippen MR) is 127 cm³/mol. The summed E-state index contributed by atoms with van der Waals surface area (Å²) in [5.74, 6) is -1.13. The van der Waals surface area contributed by atoms with Crippen molar-refractivity contribution in [2.24, 2.45) is 5.73 Å². The van der Waals surface area contributed by atoms with Crippen LogP contribution < -0.4 is 10.6 Å². The van der Waals surface area contributed by atoms with E-state index < -0.39 is 17.4 Å². The fraction of sp³-hybridized carbons (Fsp3) is 0.280.